The molecule has 0 fully saturated rings. The highest BCUT2D eigenvalue weighted by molar-refractivity contribution is 6.37. The summed E-state index contributed by atoms with van der Waals surface area (Å²) in [5, 5.41) is 8.51. The lowest BCUT2D eigenvalue weighted by Crippen LogP contribution is -2.24. The van der Waals surface area contributed by atoms with Gasteiger partial charge >= 0.3 is 11.9 Å². The summed E-state index contributed by atoms with van der Waals surface area (Å²) in [5.41, 5.74) is 0.0594. The summed E-state index contributed by atoms with van der Waals surface area (Å²) in [7, 11) is -0.434. The Bertz CT molecular complexity index is 315. The first-order valence-electron chi connectivity index (χ1n) is 8.21. The van der Waals surface area contributed by atoms with Gasteiger partial charge in [0, 0.05) is 12.2 Å². The topological polar surface area (TPSA) is 63.6 Å². The number of carboxylic acid groups (broad SMARTS) is 1. The molecule has 0 saturated heterocycles. The summed E-state index contributed by atoms with van der Waals surface area (Å²) in [6, 6.07) is 1.20. The molecule has 1 unspecified atom stereocenters. The number of unbranched alkanes of at least 4 members (excludes halogenated alkanes) is 5. The summed E-state index contributed by atoms with van der Waals surface area (Å²) in [6.45, 7) is 4.35. The smallest absolute Gasteiger partial charge is 0.330 e. The van der Waals surface area contributed by atoms with Crippen LogP contribution in [-0.2, 0) is 14.3 Å². The molecule has 0 aliphatic heterocycles. The molecule has 1 N–H and O–H groups in total. The van der Waals surface area contributed by atoms with Crippen LogP contribution >= 0.6 is 0 Å². The van der Waals surface area contributed by atoms with Crippen LogP contribution in [0.15, 0.2) is 12.2 Å². The number of esters is 1. The second-order valence-corrected chi connectivity index (χ2v) is 7.62. The molecule has 0 rings (SSSR count). The third-order valence-corrected chi connectivity index (χ3v) is 5.53. The molecule has 5 heteroatoms. The molecule has 0 aromatic heterocycles. The minimum absolute atomic E-state index is 0.0594. The largest absolute Gasteiger partial charge is 0.478 e. The van der Waals surface area contributed by atoms with E-state index in [0.717, 1.165) is 37.8 Å². The second-order valence-electron chi connectivity index (χ2n) is 5.43. The van der Waals surface area contributed by atoms with E-state index in [4.69, 9.17) is 9.84 Å². The lowest BCUT2D eigenvalue weighted by molar-refractivity contribution is -0.140. The molecule has 4 nitrogen and oxygen atoms in total. The zero-order valence-electron chi connectivity index (χ0n) is 13.5. The highest BCUT2D eigenvalue weighted by Crippen LogP contribution is 2.10. The van der Waals surface area contributed by atoms with Gasteiger partial charge in [-0.05, 0) is 6.42 Å². The Morgan fingerprint density at radius 3 is 2.33 bits per heavy atom. The lowest BCUT2D eigenvalue weighted by Gasteiger charge is -2.16. The van der Waals surface area contributed by atoms with Crippen LogP contribution in [0.5, 0.6) is 0 Å². The molecule has 0 radical (unpaired) electrons. The van der Waals surface area contributed by atoms with Gasteiger partial charge in [-0.1, -0.05) is 64.8 Å². The fourth-order valence-electron chi connectivity index (χ4n) is 2.20. The Kier molecular flexibility index (Phi) is 13.1. The molecule has 21 heavy (non-hydrogen) atoms. The highest BCUT2D eigenvalue weighted by atomic mass is 28.2. The molecule has 122 valence electrons. The van der Waals surface area contributed by atoms with E-state index in [2.05, 4.69) is 13.8 Å². The SMILES string of the molecule is CCCCCC[SiH2]C(CCCCC)OC(=O)/C=C/C(=O)O. The van der Waals surface area contributed by atoms with Crippen molar-refractivity contribution in [3.05, 3.63) is 12.2 Å². The van der Waals surface area contributed by atoms with Crippen LogP contribution in [0, 0.1) is 0 Å². The van der Waals surface area contributed by atoms with Gasteiger partial charge in [-0.2, -0.15) is 0 Å². The standard InChI is InChI=1S/C16H30O4Si/c1-3-5-7-9-13-21-16(10-8-6-4-2)20-15(19)12-11-14(17)18/h11-12,16H,3-10,13,21H2,1-2H3,(H,17,18)/b12-11+. The summed E-state index contributed by atoms with van der Waals surface area (Å²) in [5.74, 6) is -1.63. The maximum atomic E-state index is 11.6. The summed E-state index contributed by atoms with van der Waals surface area (Å²) in [4.78, 5) is 22.0. The van der Waals surface area contributed by atoms with Crippen molar-refractivity contribution in [2.24, 2.45) is 0 Å². The third-order valence-electron chi connectivity index (χ3n) is 3.40. The molecule has 0 aliphatic rings. The predicted molar refractivity (Wildman–Crippen MR) is 88.3 cm³/mol. The normalized spacial score (nSPS) is 13.0. The molecule has 1 atom stereocenters. The van der Waals surface area contributed by atoms with Gasteiger partial charge in [-0.25, -0.2) is 9.59 Å². The molecular weight excluding hydrogens is 284 g/mol. The van der Waals surface area contributed by atoms with Gasteiger partial charge in [0.05, 0.1) is 15.2 Å². The van der Waals surface area contributed by atoms with Crippen LogP contribution in [0.3, 0.4) is 0 Å². The number of aliphatic carboxylic acids is 1. The zero-order chi connectivity index (χ0) is 15.9. The van der Waals surface area contributed by atoms with Crippen molar-refractivity contribution in [2.75, 3.05) is 0 Å². The molecule has 0 amide bonds. The van der Waals surface area contributed by atoms with Crippen LogP contribution in [0.1, 0.15) is 65.2 Å². The van der Waals surface area contributed by atoms with Crippen molar-refractivity contribution in [2.45, 2.75) is 77.0 Å². The minimum Gasteiger partial charge on any atom is -0.478 e. The van der Waals surface area contributed by atoms with Crippen molar-refractivity contribution in [1.29, 1.82) is 0 Å². The van der Waals surface area contributed by atoms with Gasteiger partial charge in [0.15, 0.2) is 0 Å². The van der Waals surface area contributed by atoms with E-state index in [1.807, 2.05) is 0 Å². The van der Waals surface area contributed by atoms with Crippen LogP contribution in [-0.4, -0.2) is 32.3 Å². The van der Waals surface area contributed by atoms with Crippen LogP contribution < -0.4 is 0 Å². The number of rotatable bonds is 13. The van der Waals surface area contributed by atoms with E-state index in [-0.39, 0.29) is 5.73 Å². The monoisotopic (exact) mass is 314 g/mol. The molecule has 0 aromatic rings. The highest BCUT2D eigenvalue weighted by Gasteiger charge is 2.13. The Labute approximate surface area is 130 Å². The van der Waals surface area contributed by atoms with Crippen molar-refractivity contribution in [1.82, 2.24) is 0 Å². The molecule has 0 aliphatic carbocycles. The second kappa shape index (κ2) is 13.9. The summed E-state index contributed by atoms with van der Waals surface area (Å²) >= 11 is 0. The average molecular weight is 314 g/mol. The van der Waals surface area contributed by atoms with Gasteiger partial charge in [-0.3, -0.25) is 0 Å². The maximum absolute atomic E-state index is 11.6. The Morgan fingerprint density at radius 2 is 1.71 bits per heavy atom. The first-order chi connectivity index (χ1) is 10.1. The average Bonchev–Trinajstić information content (AvgIpc) is 2.45. The predicted octanol–water partition coefficient (Wildman–Crippen LogP) is 3.24. The van der Waals surface area contributed by atoms with E-state index >= 15 is 0 Å². The van der Waals surface area contributed by atoms with Gasteiger partial charge in [0.25, 0.3) is 0 Å². The molecule has 0 spiro atoms. The van der Waals surface area contributed by atoms with Gasteiger partial charge in [-0.15, -0.1) is 0 Å². The van der Waals surface area contributed by atoms with E-state index in [9.17, 15) is 9.59 Å². The van der Waals surface area contributed by atoms with E-state index in [1.54, 1.807) is 0 Å². The van der Waals surface area contributed by atoms with Gasteiger partial charge < -0.3 is 9.84 Å². The number of carbonyl (C=O) groups is 2. The van der Waals surface area contributed by atoms with Gasteiger partial charge in [0.1, 0.15) is 0 Å². The van der Waals surface area contributed by atoms with E-state index in [0.29, 0.717) is 0 Å². The summed E-state index contributed by atoms with van der Waals surface area (Å²) in [6.07, 6.45) is 11.2. The molecule has 0 aromatic carbocycles. The van der Waals surface area contributed by atoms with Crippen LogP contribution in [0.25, 0.3) is 0 Å². The number of carboxylic acids is 1. The third kappa shape index (κ3) is 13.6. The number of ether oxygens (including phenoxy) is 1. The van der Waals surface area contributed by atoms with Crippen molar-refractivity contribution >= 4 is 21.5 Å². The van der Waals surface area contributed by atoms with Crippen molar-refractivity contribution in [3.63, 3.8) is 0 Å². The molecular formula is C16H30O4Si. The van der Waals surface area contributed by atoms with Crippen molar-refractivity contribution < 1.29 is 19.4 Å². The number of hydrogen-bond donors (Lipinski definition) is 1. The van der Waals surface area contributed by atoms with E-state index < -0.39 is 21.5 Å². The molecule has 0 saturated carbocycles. The minimum atomic E-state index is -1.12. The fraction of sp³-hybridized carbons (Fsp3) is 0.750. The number of hydrogen-bond acceptors (Lipinski definition) is 3. The summed E-state index contributed by atoms with van der Waals surface area (Å²) < 4.78 is 5.43. The quantitative estimate of drug-likeness (QED) is 0.245. The zero-order valence-corrected chi connectivity index (χ0v) is 14.9. The van der Waals surface area contributed by atoms with Crippen LogP contribution in [0.4, 0.5) is 0 Å². The first kappa shape index (κ1) is 19.9. The van der Waals surface area contributed by atoms with Crippen molar-refractivity contribution in [3.8, 4) is 0 Å². The Morgan fingerprint density at radius 1 is 1.05 bits per heavy atom. The van der Waals surface area contributed by atoms with E-state index in [1.165, 1.54) is 31.7 Å². The number of carbonyl (C=O) groups excluding carboxylic acids is 1. The van der Waals surface area contributed by atoms with Gasteiger partial charge in [0.2, 0.25) is 0 Å². The maximum Gasteiger partial charge on any atom is 0.330 e. The first-order valence-corrected chi connectivity index (χ1v) is 10.0. The lowest BCUT2D eigenvalue weighted by atomic mass is 10.2. The Balaban J connectivity index is 4.11. The molecule has 0 heterocycles. The Hall–Kier alpha value is -1.10. The van der Waals surface area contributed by atoms with Crippen LogP contribution in [0.2, 0.25) is 6.04 Å². The molecule has 0 bridgehead atoms. The fourth-order valence-corrected chi connectivity index (χ4v) is 4.16.